The number of hydrogen-bond donors (Lipinski definition) is 1. The lowest BCUT2D eigenvalue weighted by Crippen LogP contribution is -2.43. The van der Waals surface area contributed by atoms with Gasteiger partial charge in [0.2, 0.25) is 0 Å². The fraction of sp³-hybridized carbons (Fsp3) is 0.538. The Morgan fingerprint density at radius 2 is 1.72 bits per heavy atom. The van der Waals surface area contributed by atoms with Gasteiger partial charge in [0.1, 0.15) is 6.04 Å². The van der Waals surface area contributed by atoms with Crippen molar-refractivity contribution >= 4 is 0 Å². The molecule has 0 saturated carbocycles. The molecule has 2 unspecified atom stereocenters. The molecule has 102 valence electrons. The molecule has 0 saturated heterocycles. The molecule has 0 aromatic heterocycles. The molecule has 0 aliphatic carbocycles. The minimum Gasteiger partial charge on any atom is -0.308 e. The summed E-state index contributed by atoms with van der Waals surface area (Å²) in [6, 6.07) is 6.07. The van der Waals surface area contributed by atoms with Crippen LogP contribution < -0.4 is 5.32 Å². The highest BCUT2D eigenvalue weighted by Crippen LogP contribution is 2.32. The van der Waals surface area contributed by atoms with Crippen molar-refractivity contribution in [3.05, 3.63) is 35.9 Å². The number of nitrogens with one attached hydrogen (secondary N) is 1. The van der Waals surface area contributed by atoms with E-state index < -0.39 is 12.2 Å². The molecule has 1 N–H and O–H groups in total. The molecule has 0 radical (unpaired) electrons. The van der Waals surface area contributed by atoms with Gasteiger partial charge in [-0.25, -0.2) is 0 Å². The van der Waals surface area contributed by atoms with Crippen LogP contribution >= 0.6 is 0 Å². The molecule has 2 atom stereocenters. The standard InChI is InChI=1S/C13H19F3N2/c1-10(9-18(2)3)17-12(13(14,15)16)11-7-5-4-6-8-11/h4-8,10,12,17H,9H2,1-3H3. The predicted octanol–water partition coefficient (Wildman–Crippen LogP) is 2.83. The molecule has 1 aromatic carbocycles. The SMILES string of the molecule is CC(CN(C)C)NC(c1ccccc1)C(F)(F)F. The van der Waals surface area contributed by atoms with Gasteiger partial charge >= 0.3 is 6.18 Å². The van der Waals surface area contributed by atoms with Crippen molar-refractivity contribution in [3.8, 4) is 0 Å². The minimum atomic E-state index is -4.29. The third kappa shape index (κ3) is 4.66. The van der Waals surface area contributed by atoms with E-state index in [-0.39, 0.29) is 11.6 Å². The Bertz CT molecular complexity index is 349. The van der Waals surface area contributed by atoms with E-state index in [9.17, 15) is 13.2 Å². The molecule has 1 rings (SSSR count). The quantitative estimate of drug-likeness (QED) is 0.875. The van der Waals surface area contributed by atoms with Gasteiger partial charge < -0.3 is 4.90 Å². The average molecular weight is 260 g/mol. The lowest BCUT2D eigenvalue weighted by molar-refractivity contribution is -0.159. The highest BCUT2D eigenvalue weighted by molar-refractivity contribution is 5.20. The zero-order chi connectivity index (χ0) is 13.8. The van der Waals surface area contributed by atoms with E-state index in [1.54, 1.807) is 25.1 Å². The topological polar surface area (TPSA) is 15.3 Å². The summed E-state index contributed by atoms with van der Waals surface area (Å²) in [5, 5.41) is 2.64. The number of benzene rings is 1. The molecule has 1 aromatic rings. The van der Waals surface area contributed by atoms with E-state index >= 15 is 0 Å². The minimum absolute atomic E-state index is 0.244. The van der Waals surface area contributed by atoms with Crippen LogP contribution in [0, 0.1) is 0 Å². The lowest BCUT2D eigenvalue weighted by Gasteiger charge is -2.27. The van der Waals surface area contributed by atoms with Crippen LogP contribution in [0.2, 0.25) is 0 Å². The normalized spacial score (nSPS) is 15.7. The summed E-state index contributed by atoms with van der Waals surface area (Å²) in [5.41, 5.74) is 0.246. The third-order valence-electron chi connectivity index (χ3n) is 2.55. The van der Waals surface area contributed by atoms with Crippen LogP contribution in [0.1, 0.15) is 18.5 Å². The first kappa shape index (κ1) is 15.0. The predicted molar refractivity (Wildman–Crippen MR) is 66.4 cm³/mol. The lowest BCUT2D eigenvalue weighted by atomic mass is 10.1. The first-order chi connectivity index (χ1) is 8.30. The van der Waals surface area contributed by atoms with Crippen LogP contribution in [0.15, 0.2) is 30.3 Å². The van der Waals surface area contributed by atoms with Crippen LogP contribution in [0.3, 0.4) is 0 Å². The van der Waals surface area contributed by atoms with Crippen LogP contribution in [0.4, 0.5) is 13.2 Å². The molecule has 0 heterocycles. The van der Waals surface area contributed by atoms with Crippen molar-refractivity contribution in [1.82, 2.24) is 10.2 Å². The van der Waals surface area contributed by atoms with Gasteiger partial charge in [0, 0.05) is 12.6 Å². The van der Waals surface area contributed by atoms with Gasteiger partial charge in [0.05, 0.1) is 0 Å². The number of rotatable bonds is 5. The Kier molecular flexibility index (Phi) is 5.16. The summed E-state index contributed by atoms with van der Waals surface area (Å²) >= 11 is 0. The molecular formula is C13H19F3N2. The van der Waals surface area contributed by atoms with Crippen LogP contribution in [-0.4, -0.2) is 37.8 Å². The maximum Gasteiger partial charge on any atom is 0.407 e. The molecule has 5 heteroatoms. The van der Waals surface area contributed by atoms with Crippen LogP contribution in [0.25, 0.3) is 0 Å². The van der Waals surface area contributed by atoms with E-state index in [1.165, 1.54) is 12.1 Å². The molecular weight excluding hydrogens is 241 g/mol. The van der Waals surface area contributed by atoms with Gasteiger partial charge in [-0.3, -0.25) is 5.32 Å². The first-order valence-corrected chi connectivity index (χ1v) is 5.83. The van der Waals surface area contributed by atoms with Crippen LogP contribution in [-0.2, 0) is 0 Å². The van der Waals surface area contributed by atoms with E-state index in [1.807, 2.05) is 19.0 Å². The summed E-state index contributed by atoms with van der Waals surface area (Å²) in [7, 11) is 3.67. The second kappa shape index (κ2) is 6.20. The number of halogens is 3. The fourth-order valence-corrected chi connectivity index (χ4v) is 1.91. The molecule has 0 amide bonds. The molecule has 0 spiro atoms. The van der Waals surface area contributed by atoms with Gasteiger partial charge in [-0.05, 0) is 26.6 Å². The Hall–Kier alpha value is -1.07. The summed E-state index contributed by atoms with van der Waals surface area (Å²) in [5.74, 6) is 0. The second-order valence-electron chi connectivity index (χ2n) is 4.72. The summed E-state index contributed by atoms with van der Waals surface area (Å²) in [6.45, 7) is 2.31. The average Bonchev–Trinajstić information content (AvgIpc) is 2.24. The number of hydrogen-bond acceptors (Lipinski definition) is 2. The monoisotopic (exact) mass is 260 g/mol. The largest absolute Gasteiger partial charge is 0.407 e. The van der Waals surface area contributed by atoms with Gasteiger partial charge in [0.25, 0.3) is 0 Å². The molecule has 0 bridgehead atoms. The molecule has 2 nitrogen and oxygen atoms in total. The van der Waals surface area contributed by atoms with Gasteiger partial charge in [-0.2, -0.15) is 13.2 Å². The maximum absolute atomic E-state index is 13.0. The van der Waals surface area contributed by atoms with Crippen molar-refractivity contribution in [2.45, 2.75) is 25.2 Å². The Morgan fingerprint density at radius 3 is 2.17 bits per heavy atom. The van der Waals surface area contributed by atoms with E-state index in [2.05, 4.69) is 5.32 Å². The van der Waals surface area contributed by atoms with Gasteiger partial charge in [-0.1, -0.05) is 30.3 Å². The van der Waals surface area contributed by atoms with Gasteiger partial charge in [0.15, 0.2) is 0 Å². The van der Waals surface area contributed by atoms with Crippen molar-refractivity contribution < 1.29 is 13.2 Å². The zero-order valence-corrected chi connectivity index (χ0v) is 10.8. The van der Waals surface area contributed by atoms with Crippen molar-refractivity contribution in [3.63, 3.8) is 0 Å². The number of nitrogens with zero attached hydrogens (tertiary/aromatic N) is 1. The smallest absolute Gasteiger partial charge is 0.308 e. The molecule has 0 aliphatic heterocycles. The van der Waals surface area contributed by atoms with E-state index in [0.717, 1.165) is 0 Å². The summed E-state index contributed by atoms with van der Waals surface area (Å²) in [6.07, 6.45) is -4.29. The molecule has 18 heavy (non-hydrogen) atoms. The van der Waals surface area contributed by atoms with Crippen molar-refractivity contribution in [1.29, 1.82) is 0 Å². The Labute approximate surface area is 106 Å². The summed E-state index contributed by atoms with van der Waals surface area (Å²) in [4.78, 5) is 1.86. The third-order valence-corrected chi connectivity index (χ3v) is 2.55. The van der Waals surface area contributed by atoms with Crippen molar-refractivity contribution in [2.24, 2.45) is 0 Å². The van der Waals surface area contributed by atoms with E-state index in [4.69, 9.17) is 0 Å². The fourth-order valence-electron chi connectivity index (χ4n) is 1.91. The number of alkyl halides is 3. The van der Waals surface area contributed by atoms with E-state index in [0.29, 0.717) is 6.54 Å². The zero-order valence-electron chi connectivity index (χ0n) is 10.8. The highest BCUT2D eigenvalue weighted by Gasteiger charge is 2.41. The molecule has 0 fully saturated rings. The Balaban J connectivity index is 2.81. The van der Waals surface area contributed by atoms with Crippen molar-refractivity contribution in [2.75, 3.05) is 20.6 Å². The number of likely N-dealkylation sites (N-methyl/N-ethyl adjacent to an activating group) is 1. The second-order valence-corrected chi connectivity index (χ2v) is 4.72. The first-order valence-electron chi connectivity index (χ1n) is 5.83. The Morgan fingerprint density at radius 1 is 1.17 bits per heavy atom. The van der Waals surface area contributed by atoms with Crippen LogP contribution in [0.5, 0.6) is 0 Å². The maximum atomic E-state index is 13.0. The summed E-state index contributed by atoms with van der Waals surface area (Å²) < 4.78 is 39.1. The molecule has 0 aliphatic rings. The van der Waals surface area contributed by atoms with Gasteiger partial charge in [-0.15, -0.1) is 0 Å². The highest BCUT2D eigenvalue weighted by atomic mass is 19.4.